The van der Waals surface area contributed by atoms with Gasteiger partial charge in [-0.2, -0.15) is 5.26 Å². The predicted octanol–water partition coefficient (Wildman–Crippen LogP) is 2.51. The average Bonchev–Trinajstić information content (AvgIpc) is 3.66. The summed E-state index contributed by atoms with van der Waals surface area (Å²) in [7, 11) is 0. The monoisotopic (exact) mass is 547 g/mol. The van der Waals surface area contributed by atoms with E-state index in [9.17, 15) is 9.18 Å². The van der Waals surface area contributed by atoms with Crippen molar-refractivity contribution in [2.45, 2.75) is 19.6 Å². The van der Waals surface area contributed by atoms with E-state index in [4.69, 9.17) is 19.7 Å². The minimum Gasteiger partial charge on any atom is -0.361 e. The summed E-state index contributed by atoms with van der Waals surface area (Å²) in [5, 5.41) is 14.6. The van der Waals surface area contributed by atoms with E-state index in [1.54, 1.807) is 31.3 Å². The molecule has 12 nitrogen and oxygen atoms in total. The Morgan fingerprint density at radius 3 is 2.77 bits per heavy atom. The second kappa shape index (κ2) is 12.2. The molecule has 1 fully saturated rings. The Balaban J connectivity index is 1.34. The van der Waals surface area contributed by atoms with Gasteiger partial charge in [0.05, 0.1) is 54.7 Å². The van der Waals surface area contributed by atoms with Gasteiger partial charge >= 0.3 is 0 Å². The Hall–Kier alpha value is -4.41. The number of nitrogens with zero attached hydrogens (tertiary/aromatic N) is 6. The number of aliphatic imine (C=N–C) groups is 1. The molecule has 208 valence electrons. The third-order valence-corrected chi connectivity index (χ3v) is 6.62. The van der Waals surface area contributed by atoms with Gasteiger partial charge in [0, 0.05) is 31.4 Å². The number of anilines is 1. The molecule has 1 saturated heterocycles. The molecule has 0 aliphatic carbocycles. The van der Waals surface area contributed by atoms with Gasteiger partial charge in [0.2, 0.25) is 18.1 Å². The number of nitrogens with one attached hydrogen (secondary N) is 3. The van der Waals surface area contributed by atoms with Crippen molar-refractivity contribution in [1.82, 2.24) is 30.2 Å². The maximum Gasteiger partial charge on any atom is 0.231 e. The number of carbonyl (C=O) groups excluding carboxylic acids is 1. The van der Waals surface area contributed by atoms with Gasteiger partial charge in [0.15, 0.2) is 5.82 Å². The second-order valence-electron chi connectivity index (χ2n) is 9.81. The molecule has 3 aromatic rings. The molecular formula is C27H30FN9O3. The van der Waals surface area contributed by atoms with Crippen molar-refractivity contribution in [2.75, 3.05) is 51.3 Å². The Morgan fingerprint density at radius 2 is 2.05 bits per heavy atom. The first kappa shape index (κ1) is 27.2. The molecule has 1 aromatic carbocycles. The fourth-order valence-electron chi connectivity index (χ4n) is 4.39. The number of imidazole rings is 1. The highest BCUT2D eigenvalue weighted by molar-refractivity contribution is 5.83. The van der Waals surface area contributed by atoms with E-state index in [2.05, 4.69) is 35.5 Å². The largest absolute Gasteiger partial charge is 0.361 e. The molecule has 5 rings (SSSR count). The van der Waals surface area contributed by atoms with Crippen LogP contribution in [0.5, 0.6) is 0 Å². The molecule has 4 heterocycles. The van der Waals surface area contributed by atoms with Crippen molar-refractivity contribution < 1.29 is 18.7 Å². The van der Waals surface area contributed by atoms with E-state index < -0.39 is 11.7 Å². The second-order valence-corrected chi connectivity index (χ2v) is 9.81. The van der Waals surface area contributed by atoms with Crippen molar-refractivity contribution in [3.8, 4) is 28.7 Å². The molecule has 0 spiro atoms. The Kier molecular flexibility index (Phi) is 8.28. The first-order valence-corrected chi connectivity index (χ1v) is 13.0. The Labute approximate surface area is 230 Å². The first-order chi connectivity index (χ1) is 19.4. The van der Waals surface area contributed by atoms with E-state index in [-0.39, 0.29) is 31.5 Å². The number of ether oxygens (including phenoxy) is 2. The summed E-state index contributed by atoms with van der Waals surface area (Å²) in [5.74, 6) is 0.171. The highest BCUT2D eigenvalue weighted by Crippen LogP contribution is 2.35. The van der Waals surface area contributed by atoms with Gasteiger partial charge in [-0.15, -0.1) is 0 Å². The van der Waals surface area contributed by atoms with Crippen LogP contribution in [0.3, 0.4) is 0 Å². The summed E-state index contributed by atoms with van der Waals surface area (Å²) in [5.41, 5.74) is 1.44. The van der Waals surface area contributed by atoms with Crippen LogP contribution in [-0.4, -0.2) is 83.0 Å². The van der Waals surface area contributed by atoms with Gasteiger partial charge in [-0.1, -0.05) is 0 Å². The molecule has 13 heteroatoms. The topological polar surface area (TPSA) is 153 Å². The van der Waals surface area contributed by atoms with Crippen LogP contribution in [0.1, 0.15) is 25.5 Å². The summed E-state index contributed by atoms with van der Waals surface area (Å²) >= 11 is 0. The number of hydrogen-bond acceptors (Lipinski definition) is 10. The van der Waals surface area contributed by atoms with Gasteiger partial charge < -0.3 is 30.0 Å². The van der Waals surface area contributed by atoms with E-state index in [0.717, 1.165) is 26.1 Å². The molecule has 2 aliphatic rings. The lowest BCUT2D eigenvalue weighted by Gasteiger charge is -2.35. The molecule has 0 atom stereocenters. The van der Waals surface area contributed by atoms with E-state index in [1.165, 1.54) is 12.1 Å². The van der Waals surface area contributed by atoms with Crippen LogP contribution in [0.25, 0.3) is 22.6 Å². The Morgan fingerprint density at radius 1 is 1.25 bits per heavy atom. The number of H-pyrrole nitrogens is 1. The molecule has 0 bridgehead atoms. The zero-order valence-corrected chi connectivity index (χ0v) is 22.1. The third-order valence-electron chi connectivity index (χ3n) is 6.62. The first-order valence-electron chi connectivity index (χ1n) is 13.0. The number of nitriles is 1. The molecule has 1 amide bonds. The molecule has 0 saturated carbocycles. The van der Waals surface area contributed by atoms with E-state index >= 15 is 0 Å². The van der Waals surface area contributed by atoms with Gasteiger partial charge in [0.25, 0.3) is 0 Å². The number of aromatic amines is 1. The van der Waals surface area contributed by atoms with Gasteiger partial charge in [0.1, 0.15) is 12.4 Å². The van der Waals surface area contributed by atoms with Crippen LogP contribution in [0.2, 0.25) is 0 Å². The van der Waals surface area contributed by atoms with Crippen LogP contribution in [-0.2, 0) is 14.3 Å². The highest BCUT2D eigenvalue weighted by Gasteiger charge is 2.40. The number of amides is 1. The average molecular weight is 548 g/mol. The summed E-state index contributed by atoms with van der Waals surface area (Å²) in [6, 6.07) is 9.66. The number of aromatic nitrogens is 4. The number of rotatable bonds is 10. The van der Waals surface area contributed by atoms with E-state index in [1.807, 2.05) is 12.4 Å². The molecule has 2 aromatic heterocycles. The lowest BCUT2D eigenvalue weighted by atomic mass is 9.91. The lowest BCUT2D eigenvalue weighted by molar-refractivity contribution is -0.230. The normalized spacial score (nSPS) is 20.3. The zero-order valence-electron chi connectivity index (χ0n) is 22.1. The van der Waals surface area contributed by atoms with Crippen molar-refractivity contribution in [3.05, 3.63) is 48.2 Å². The SMILES string of the molecule is CC1(C(=O)NCC#N)COC(c2nc(-c3ccc(F)cc3)c(-c3ccnc(NCCCN4C=NCC4)n3)[nH]2)OC1. The van der Waals surface area contributed by atoms with Crippen LogP contribution in [0.4, 0.5) is 10.3 Å². The van der Waals surface area contributed by atoms with Crippen molar-refractivity contribution in [1.29, 1.82) is 5.26 Å². The highest BCUT2D eigenvalue weighted by atomic mass is 19.1. The summed E-state index contributed by atoms with van der Waals surface area (Å²) in [6.07, 6.45) is 3.58. The van der Waals surface area contributed by atoms with Crippen LogP contribution < -0.4 is 10.6 Å². The summed E-state index contributed by atoms with van der Waals surface area (Å²) in [6.45, 7) is 5.14. The molecule has 3 N–H and O–H groups in total. The summed E-state index contributed by atoms with van der Waals surface area (Å²) in [4.78, 5) is 35.9. The zero-order chi connectivity index (χ0) is 28.0. The minimum atomic E-state index is -0.947. The van der Waals surface area contributed by atoms with Crippen molar-refractivity contribution in [3.63, 3.8) is 0 Å². The fourth-order valence-corrected chi connectivity index (χ4v) is 4.39. The van der Waals surface area contributed by atoms with Crippen molar-refractivity contribution >= 4 is 18.2 Å². The number of halogens is 1. The molecule has 2 aliphatic heterocycles. The number of benzene rings is 1. The van der Waals surface area contributed by atoms with Crippen molar-refractivity contribution in [2.24, 2.45) is 10.4 Å². The minimum absolute atomic E-state index is 0.0711. The summed E-state index contributed by atoms with van der Waals surface area (Å²) < 4.78 is 25.5. The quantitative estimate of drug-likeness (QED) is 0.257. The maximum atomic E-state index is 13.7. The van der Waals surface area contributed by atoms with Gasteiger partial charge in [-0.25, -0.2) is 19.3 Å². The van der Waals surface area contributed by atoms with Crippen LogP contribution in [0, 0.1) is 22.6 Å². The molecule has 40 heavy (non-hydrogen) atoms. The van der Waals surface area contributed by atoms with Gasteiger partial charge in [-0.05, 0) is 43.7 Å². The smallest absolute Gasteiger partial charge is 0.231 e. The number of carbonyl (C=O) groups is 1. The standard InChI is InChI=1S/C27H30FN9O3/c1-27(25(38)31-11-8-29)15-39-24(40-16-27)23-35-21(18-3-5-19(28)6-4-18)22(36-23)20-7-10-33-26(34-20)32-9-2-13-37-14-12-30-17-37/h3-7,10,17,24H,2,9,11-16H2,1H3,(H,31,38)(H,35,36)(H,32,33,34). The Bertz CT molecular complexity index is 1390. The van der Waals surface area contributed by atoms with Gasteiger partial charge in [-0.3, -0.25) is 9.79 Å². The predicted molar refractivity (Wildman–Crippen MR) is 144 cm³/mol. The maximum absolute atomic E-state index is 13.7. The van der Waals surface area contributed by atoms with E-state index in [0.29, 0.717) is 41.0 Å². The van der Waals surface area contributed by atoms with Crippen LogP contribution >= 0.6 is 0 Å². The van der Waals surface area contributed by atoms with Crippen LogP contribution in [0.15, 0.2) is 41.5 Å². The molecule has 0 unspecified atom stereocenters. The molecule has 0 radical (unpaired) electrons. The molecular weight excluding hydrogens is 517 g/mol. The number of hydrogen-bond donors (Lipinski definition) is 3. The third kappa shape index (κ3) is 6.24. The lowest BCUT2D eigenvalue weighted by Crippen LogP contribution is -2.48. The fraction of sp³-hybridized carbons (Fsp3) is 0.407.